The SMILES string of the molecule is CC(C)C(C)(C)CN1CCNC1=O. The van der Waals surface area contributed by atoms with E-state index in [1.165, 1.54) is 0 Å². The van der Waals surface area contributed by atoms with Crippen LogP contribution in [-0.2, 0) is 0 Å². The fourth-order valence-electron chi connectivity index (χ4n) is 1.34. The highest BCUT2D eigenvalue weighted by Gasteiger charge is 2.29. The normalized spacial score (nSPS) is 18.2. The van der Waals surface area contributed by atoms with Crippen LogP contribution in [0.2, 0.25) is 0 Å². The van der Waals surface area contributed by atoms with Crippen molar-refractivity contribution in [2.45, 2.75) is 27.7 Å². The maximum atomic E-state index is 11.3. The summed E-state index contributed by atoms with van der Waals surface area (Å²) in [6.07, 6.45) is 0. The standard InChI is InChI=1S/C10H20N2O/c1-8(2)10(3,4)7-12-6-5-11-9(12)13/h8H,5-7H2,1-4H3,(H,11,13). The molecule has 1 saturated heterocycles. The highest BCUT2D eigenvalue weighted by molar-refractivity contribution is 5.76. The monoisotopic (exact) mass is 184 g/mol. The third kappa shape index (κ3) is 2.36. The molecule has 0 radical (unpaired) electrons. The molecular formula is C10H20N2O. The van der Waals surface area contributed by atoms with Gasteiger partial charge in [0, 0.05) is 19.6 Å². The van der Waals surface area contributed by atoms with Crippen LogP contribution in [0, 0.1) is 11.3 Å². The van der Waals surface area contributed by atoms with Crippen molar-refractivity contribution in [3.8, 4) is 0 Å². The Kier molecular flexibility index (Phi) is 2.84. The molecule has 1 N–H and O–H groups in total. The molecule has 1 heterocycles. The Morgan fingerprint density at radius 3 is 2.54 bits per heavy atom. The van der Waals surface area contributed by atoms with Crippen molar-refractivity contribution in [2.75, 3.05) is 19.6 Å². The van der Waals surface area contributed by atoms with Crippen LogP contribution in [0.4, 0.5) is 4.79 Å². The maximum Gasteiger partial charge on any atom is 0.317 e. The van der Waals surface area contributed by atoms with Gasteiger partial charge in [-0.05, 0) is 11.3 Å². The minimum absolute atomic E-state index is 0.0914. The fraction of sp³-hybridized carbons (Fsp3) is 0.900. The lowest BCUT2D eigenvalue weighted by Gasteiger charge is -2.33. The van der Waals surface area contributed by atoms with Crippen LogP contribution >= 0.6 is 0 Å². The van der Waals surface area contributed by atoms with Gasteiger partial charge in [0.05, 0.1) is 0 Å². The van der Waals surface area contributed by atoms with E-state index in [0.717, 1.165) is 19.6 Å². The average molecular weight is 184 g/mol. The highest BCUT2D eigenvalue weighted by Crippen LogP contribution is 2.27. The molecular weight excluding hydrogens is 164 g/mol. The van der Waals surface area contributed by atoms with Crippen molar-refractivity contribution in [3.63, 3.8) is 0 Å². The fourth-order valence-corrected chi connectivity index (χ4v) is 1.34. The summed E-state index contributed by atoms with van der Waals surface area (Å²) >= 11 is 0. The van der Waals surface area contributed by atoms with E-state index >= 15 is 0 Å². The molecule has 3 heteroatoms. The summed E-state index contributed by atoms with van der Waals surface area (Å²) in [5.41, 5.74) is 0.210. The summed E-state index contributed by atoms with van der Waals surface area (Å²) in [5, 5.41) is 2.82. The number of carbonyl (C=O) groups excluding carboxylic acids is 1. The summed E-state index contributed by atoms with van der Waals surface area (Å²) < 4.78 is 0. The maximum absolute atomic E-state index is 11.3. The third-order valence-electron chi connectivity index (χ3n) is 3.11. The zero-order chi connectivity index (χ0) is 10.1. The van der Waals surface area contributed by atoms with Gasteiger partial charge >= 0.3 is 6.03 Å². The predicted octanol–water partition coefficient (Wildman–Crippen LogP) is 1.69. The Morgan fingerprint density at radius 1 is 1.54 bits per heavy atom. The number of amides is 2. The molecule has 0 bridgehead atoms. The molecule has 2 amide bonds. The van der Waals surface area contributed by atoms with E-state index in [2.05, 4.69) is 33.0 Å². The van der Waals surface area contributed by atoms with Crippen molar-refractivity contribution in [1.82, 2.24) is 10.2 Å². The molecule has 0 unspecified atom stereocenters. The van der Waals surface area contributed by atoms with Crippen molar-refractivity contribution >= 4 is 6.03 Å². The van der Waals surface area contributed by atoms with Crippen LogP contribution in [0.25, 0.3) is 0 Å². The summed E-state index contributed by atoms with van der Waals surface area (Å²) in [5.74, 6) is 0.598. The van der Waals surface area contributed by atoms with Crippen molar-refractivity contribution < 1.29 is 4.79 Å². The van der Waals surface area contributed by atoms with Gasteiger partial charge in [-0.1, -0.05) is 27.7 Å². The quantitative estimate of drug-likeness (QED) is 0.711. The molecule has 1 rings (SSSR count). The molecule has 0 atom stereocenters. The number of hydrogen-bond acceptors (Lipinski definition) is 1. The predicted molar refractivity (Wildman–Crippen MR) is 53.6 cm³/mol. The first-order valence-electron chi connectivity index (χ1n) is 4.96. The summed E-state index contributed by atoms with van der Waals surface area (Å²) in [6.45, 7) is 11.3. The van der Waals surface area contributed by atoms with E-state index in [-0.39, 0.29) is 11.4 Å². The van der Waals surface area contributed by atoms with Crippen LogP contribution in [0.1, 0.15) is 27.7 Å². The number of urea groups is 1. The Labute approximate surface area is 80.5 Å². The van der Waals surface area contributed by atoms with Gasteiger partial charge in [-0.25, -0.2) is 4.79 Å². The summed E-state index contributed by atoms with van der Waals surface area (Å²) in [7, 11) is 0. The highest BCUT2D eigenvalue weighted by atomic mass is 16.2. The van der Waals surface area contributed by atoms with E-state index in [9.17, 15) is 4.79 Å². The Bertz CT molecular complexity index is 199. The lowest BCUT2D eigenvalue weighted by molar-refractivity contribution is 0.158. The van der Waals surface area contributed by atoms with Crippen LogP contribution in [0.3, 0.4) is 0 Å². The van der Waals surface area contributed by atoms with Gasteiger partial charge in [-0.3, -0.25) is 0 Å². The van der Waals surface area contributed by atoms with Gasteiger partial charge in [-0.15, -0.1) is 0 Å². The van der Waals surface area contributed by atoms with E-state index in [4.69, 9.17) is 0 Å². The smallest absolute Gasteiger partial charge is 0.317 e. The first-order chi connectivity index (χ1) is 5.93. The molecule has 0 aliphatic carbocycles. The van der Waals surface area contributed by atoms with Gasteiger partial charge < -0.3 is 10.2 Å². The zero-order valence-corrected chi connectivity index (χ0v) is 9.05. The van der Waals surface area contributed by atoms with E-state index < -0.39 is 0 Å². The second kappa shape index (κ2) is 3.56. The minimum atomic E-state index is 0.0914. The first-order valence-corrected chi connectivity index (χ1v) is 4.96. The Balaban J connectivity index is 2.52. The zero-order valence-electron chi connectivity index (χ0n) is 9.05. The number of carbonyl (C=O) groups is 1. The van der Waals surface area contributed by atoms with Gasteiger partial charge in [0.25, 0.3) is 0 Å². The number of nitrogens with zero attached hydrogens (tertiary/aromatic N) is 1. The molecule has 1 aliphatic rings. The Morgan fingerprint density at radius 2 is 2.15 bits per heavy atom. The largest absolute Gasteiger partial charge is 0.336 e. The molecule has 0 spiro atoms. The molecule has 0 aromatic carbocycles. The molecule has 13 heavy (non-hydrogen) atoms. The van der Waals surface area contributed by atoms with Crippen LogP contribution < -0.4 is 5.32 Å². The number of rotatable bonds is 3. The molecule has 3 nitrogen and oxygen atoms in total. The van der Waals surface area contributed by atoms with Gasteiger partial charge in [-0.2, -0.15) is 0 Å². The van der Waals surface area contributed by atoms with Gasteiger partial charge in [0.1, 0.15) is 0 Å². The molecule has 1 aliphatic heterocycles. The number of nitrogens with one attached hydrogen (secondary N) is 1. The summed E-state index contributed by atoms with van der Waals surface area (Å²) in [6, 6.07) is 0.0914. The lowest BCUT2D eigenvalue weighted by Crippen LogP contribution is -2.39. The lowest BCUT2D eigenvalue weighted by atomic mass is 9.81. The van der Waals surface area contributed by atoms with E-state index in [1.807, 2.05) is 4.90 Å². The molecule has 0 aromatic rings. The van der Waals surface area contributed by atoms with Crippen molar-refractivity contribution in [2.24, 2.45) is 11.3 Å². The van der Waals surface area contributed by atoms with Crippen LogP contribution in [-0.4, -0.2) is 30.6 Å². The van der Waals surface area contributed by atoms with Crippen molar-refractivity contribution in [3.05, 3.63) is 0 Å². The number of hydrogen-bond donors (Lipinski definition) is 1. The van der Waals surface area contributed by atoms with Crippen molar-refractivity contribution in [1.29, 1.82) is 0 Å². The van der Waals surface area contributed by atoms with Crippen LogP contribution in [0.5, 0.6) is 0 Å². The second-order valence-electron chi connectivity index (χ2n) is 4.80. The first kappa shape index (κ1) is 10.4. The van der Waals surface area contributed by atoms with E-state index in [1.54, 1.807) is 0 Å². The molecule has 0 saturated carbocycles. The second-order valence-corrected chi connectivity index (χ2v) is 4.80. The molecule has 0 aromatic heterocycles. The molecule has 76 valence electrons. The summed E-state index contributed by atoms with van der Waals surface area (Å²) in [4.78, 5) is 13.2. The van der Waals surface area contributed by atoms with Crippen LogP contribution in [0.15, 0.2) is 0 Å². The van der Waals surface area contributed by atoms with E-state index in [0.29, 0.717) is 5.92 Å². The average Bonchev–Trinajstić information content (AvgIpc) is 2.35. The minimum Gasteiger partial charge on any atom is -0.336 e. The van der Waals surface area contributed by atoms with Gasteiger partial charge in [0.2, 0.25) is 0 Å². The topological polar surface area (TPSA) is 32.3 Å². The molecule has 1 fully saturated rings. The third-order valence-corrected chi connectivity index (χ3v) is 3.11. The van der Waals surface area contributed by atoms with Gasteiger partial charge in [0.15, 0.2) is 0 Å². The Hall–Kier alpha value is -0.730.